The van der Waals surface area contributed by atoms with Crippen LogP contribution in [0.25, 0.3) is 0 Å². The Bertz CT molecular complexity index is 534. The summed E-state index contributed by atoms with van der Waals surface area (Å²) in [6.07, 6.45) is 2.22. The van der Waals surface area contributed by atoms with Crippen molar-refractivity contribution in [2.45, 2.75) is 17.7 Å². The first kappa shape index (κ1) is 13.2. The topological polar surface area (TPSA) is 60.9 Å². The van der Waals surface area contributed by atoms with Crippen LogP contribution in [-0.2, 0) is 10.0 Å². The lowest BCUT2D eigenvalue weighted by Crippen LogP contribution is -2.22. The van der Waals surface area contributed by atoms with Crippen LogP contribution in [0.1, 0.15) is 12.8 Å². The number of nitrogens with zero attached hydrogens (tertiary/aromatic N) is 2. The third-order valence-corrected chi connectivity index (χ3v) is 4.98. The third kappa shape index (κ3) is 2.30. The van der Waals surface area contributed by atoms with Crippen molar-refractivity contribution in [2.24, 2.45) is 0 Å². The summed E-state index contributed by atoms with van der Waals surface area (Å²) in [5.41, 5.74) is 0.713. The Kier molecular flexibility index (Phi) is 3.49. The maximum absolute atomic E-state index is 11.9. The second-order valence-electron chi connectivity index (χ2n) is 4.63. The molecule has 6 heteroatoms. The summed E-state index contributed by atoms with van der Waals surface area (Å²) >= 11 is 0. The van der Waals surface area contributed by atoms with Gasteiger partial charge in [0.15, 0.2) is 0 Å². The van der Waals surface area contributed by atoms with Crippen molar-refractivity contribution in [2.75, 3.05) is 32.1 Å². The number of benzene rings is 1. The van der Waals surface area contributed by atoms with Gasteiger partial charge in [0, 0.05) is 33.3 Å². The average molecular weight is 270 g/mol. The maximum atomic E-state index is 11.9. The highest BCUT2D eigenvalue weighted by Crippen LogP contribution is 2.32. The molecule has 0 saturated carbocycles. The highest BCUT2D eigenvalue weighted by molar-refractivity contribution is 7.89. The summed E-state index contributed by atoms with van der Waals surface area (Å²) in [7, 11) is -0.539. The molecule has 5 nitrogen and oxygen atoms in total. The molecular weight excluding hydrogens is 252 g/mol. The molecule has 1 N–H and O–H groups in total. The highest BCUT2D eigenvalue weighted by Gasteiger charge is 2.21. The predicted octanol–water partition coefficient (Wildman–Crippen LogP) is 1.24. The molecule has 1 aromatic rings. The Morgan fingerprint density at radius 2 is 1.83 bits per heavy atom. The summed E-state index contributed by atoms with van der Waals surface area (Å²) in [5.74, 6) is 0.0276. The molecule has 1 fully saturated rings. The molecule has 0 spiro atoms. The standard InChI is InChI=1S/C12H18N2O3S/c1-13(2)18(16,17)10-5-6-11(12(15)9-10)14-7-3-4-8-14/h5-6,9,15H,3-4,7-8H2,1-2H3. The summed E-state index contributed by atoms with van der Waals surface area (Å²) in [6.45, 7) is 1.82. The molecule has 0 bridgehead atoms. The Labute approximate surface area is 108 Å². The van der Waals surface area contributed by atoms with Crippen molar-refractivity contribution in [3.63, 3.8) is 0 Å². The van der Waals surface area contributed by atoms with E-state index >= 15 is 0 Å². The zero-order chi connectivity index (χ0) is 13.3. The van der Waals surface area contributed by atoms with Crippen molar-refractivity contribution in [1.82, 2.24) is 4.31 Å². The SMILES string of the molecule is CN(C)S(=O)(=O)c1ccc(N2CCCC2)c(O)c1. The monoisotopic (exact) mass is 270 g/mol. The fourth-order valence-electron chi connectivity index (χ4n) is 2.10. The van der Waals surface area contributed by atoms with E-state index in [4.69, 9.17) is 0 Å². The molecule has 0 radical (unpaired) electrons. The largest absolute Gasteiger partial charge is 0.506 e. The first-order valence-electron chi connectivity index (χ1n) is 5.93. The lowest BCUT2D eigenvalue weighted by molar-refractivity contribution is 0.471. The third-order valence-electron chi connectivity index (χ3n) is 3.17. The van der Waals surface area contributed by atoms with Crippen LogP contribution in [0.3, 0.4) is 0 Å². The molecule has 0 atom stereocenters. The van der Waals surface area contributed by atoms with E-state index in [0.29, 0.717) is 5.69 Å². The Hall–Kier alpha value is -1.27. The van der Waals surface area contributed by atoms with Crippen molar-refractivity contribution >= 4 is 15.7 Å². The normalized spacial score (nSPS) is 16.5. The van der Waals surface area contributed by atoms with E-state index in [1.165, 1.54) is 20.2 Å². The second kappa shape index (κ2) is 4.78. The van der Waals surface area contributed by atoms with E-state index in [-0.39, 0.29) is 10.6 Å². The lowest BCUT2D eigenvalue weighted by Gasteiger charge is -2.20. The molecule has 18 heavy (non-hydrogen) atoms. The molecule has 0 unspecified atom stereocenters. The van der Waals surface area contributed by atoms with Crippen LogP contribution in [-0.4, -0.2) is 45.0 Å². The Balaban J connectivity index is 2.36. The maximum Gasteiger partial charge on any atom is 0.242 e. The van der Waals surface area contributed by atoms with Gasteiger partial charge in [0.25, 0.3) is 0 Å². The van der Waals surface area contributed by atoms with Crippen molar-refractivity contribution in [3.05, 3.63) is 18.2 Å². The predicted molar refractivity (Wildman–Crippen MR) is 70.4 cm³/mol. The second-order valence-corrected chi connectivity index (χ2v) is 6.78. The minimum absolute atomic E-state index is 0.0276. The Morgan fingerprint density at radius 3 is 2.33 bits per heavy atom. The first-order chi connectivity index (χ1) is 8.43. The molecule has 1 saturated heterocycles. The summed E-state index contributed by atoms with van der Waals surface area (Å²) in [4.78, 5) is 2.19. The zero-order valence-electron chi connectivity index (χ0n) is 10.6. The fourth-order valence-corrected chi connectivity index (χ4v) is 3.02. The number of phenolic OH excluding ortho intramolecular Hbond substituents is 1. The molecule has 1 heterocycles. The quantitative estimate of drug-likeness (QED) is 0.898. The fraction of sp³-hybridized carbons (Fsp3) is 0.500. The van der Waals surface area contributed by atoms with E-state index < -0.39 is 10.0 Å². The molecule has 100 valence electrons. The van der Waals surface area contributed by atoms with Crippen LogP contribution in [0.15, 0.2) is 23.1 Å². The minimum atomic E-state index is -3.48. The van der Waals surface area contributed by atoms with Gasteiger partial charge in [0.1, 0.15) is 5.75 Å². The van der Waals surface area contributed by atoms with E-state index in [9.17, 15) is 13.5 Å². The number of sulfonamides is 1. The van der Waals surface area contributed by atoms with Gasteiger partial charge in [-0.3, -0.25) is 0 Å². The van der Waals surface area contributed by atoms with Gasteiger partial charge in [-0.05, 0) is 25.0 Å². The number of aromatic hydroxyl groups is 1. The van der Waals surface area contributed by atoms with E-state index in [1.54, 1.807) is 12.1 Å². The van der Waals surface area contributed by atoms with Gasteiger partial charge in [-0.25, -0.2) is 12.7 Å². The van der Waals surface area contributed by atoms with Crippen LogP contribution in [0, 0.1) is 0 Å². The summed E-state index contributed by atoms with van der Waals surface area (Å²) < 4.78 is 25.0. The summed E-state index contributed by atoms with van der Waals surface area (Å²) in [5, 5.41) is 9.97. The molecule has 0 amide bonds. The summed E-state index contributed by atoms with van der Waals surface area (Å²) in [6, 6.07) is 4.54. The van der Waals surface area contributed by atoms with Crippen molar-refractivity contribution < 1.29 is 13.5 Å². The molecule has 2 rings (SSSR count). The van der Waals surface area contributed by atoms with Crippen molar-refractivity contribution in [3.8, 4) is 5.75 Å². The van der Waals surface area contributed by atoms with Gasteiger partial charge in [0.2, 0.25) is 10.0 Å². The molecule has 0 aromatic heterocycles. The van der Waals surface area contributed by atoms with E-state index in [1.807, 2.05) is 0 Å². The lowest BCUT2D eigenvalue weighted by atomic mass is 10.2. The highest BCUT2D eigenvalue weighted by atomic mass is 32.2. The van der Waals surface area contributed by atoms with Gasteiger partial charge in [0.05, 0.1) is 10.6 Å². The molecule has 1 aliphatic heterocycles. The number of phenols is 1. The first-order valence-corrected chi connectivity index (χ1v) is 7.37. The van der Waals surface area contributed by atoms with Crippen molar-refractivity contribution in [1.29, 1.82) is 0 Å². The van der Waals surface area contributed by atoms with Crippen LogP contribution < -0.4 is 4.90 Å². The van der Waals surface area contributed by atoms with E-state index in [2.05, 4.69) is 4.90 Å². The number of hydrogen-bond acceptors (Lipinski definition) is 4. The molecule has 1 aromatic carbocycles. The molecular formula is C12H18N2O3S. The van der Waals surface area contributed by atoms with Gasteiger partial charge < -0.3 is 10.0 Å². The van der Waals surface area contributed by atoms with Crippen LogP contribution in [0.4, 0.5) is 5.69 Å². The van der Waals surface area contributed by atoms with Gasteiger partial charge in [-0.15, -0.1) is 0 Å². The Morgan fingerprint density at radius 1 is 1.22 bits per heavy atom. The van der Waals surface area contributed by atoms with Crippen LogP contribution in [0.5, 0.6) is 5.75 Å². The smallest absolute Gasteiger partial charge is 0.242 e. The molecule has 0 aliphatic carbocycles. The number of rotatable bonds is 3. The van der Waals surface area contributed by atoms with Gasteiger partial charge in [-0.1, -0.05) is 0 Å². The van der Waals surface area contributed by atoms with E-state index in [0.717, 1.165) is 30.2 Å². The molecule has 1 aliphatic rings. The van der Waals surface area contributed by atoms with Crippen LogP contribution in [0.2, 0.25) is 0 Å². The average Bonchev–Trinajstić information content (AvgIpc) is 2.82. The van der Waals surface area contributed by atoms with Gasteiger partial charge in [-0.2, -0.15) is 0 Å². The number of anilines is 1. The van der Waals surface area contributed by atoms with Gasteiger partial charge >= 0.3 is 0 Å². The van der Waals surface area contributed by atoms with Crippen LogP contribution >= 0.6 is 0 Å². The minimum Gasteiger partial charge on any atom is -0.506 e. The zero-order valence-corrected chi connectivity index (χ0v) is 11.4. The number of hydrogen-bond donors (Lipinski definition) is 1.